The highest BCUT2D eigenvalue weighted by Crippen LogP contribution is 2.26. The van der Waals surface area contributed by atoms with Crippen molar-refractivity contribution in [2.24, 2.45) is 4.99 Å². The lowest BCUT2D eigenvalue weighted by Crippen LogP contribution is -2.37. The predicted molar refractivity (Wildman–Crippen MR) is 109 cm³/mol. The van der Waals surface area contributed by atoms with E-state index in [0.29, 0.717) is 23.6 Å². The van der Waals surface area contributed by atoms with E-state index in [1.54, 1.807) is 31.2 Å². The van der Waals surface area contributed by atoms with Gasteiger partial charge in [-0.05, 0) is 37.1 Å². The molecule has 0 amide bonds. The molecule has 0 aliphatic heterocycles. The molecule has 0 unspecified atom stereocenters. The first-order chi connectivity index (χ1) is 14.0. The lowest BCUT2D eigenvalue weighted by atomic mass is 10.1. The number of para-hydroxylation sites is 1. The van der Waals surface area contributed by atoms with Crippen LogP contribution >= 0.6 is 0 Å². The molecule has 0 spiro atoms. The molecule has 0 aliphatic carbocycles. The smallest absolute Gasteiger partial charge is 0.405 e. The SMILES string of the molecule is CCNC(=NCc1ccc(S(C)(=O)=O)c(C)c1)NCc1ccccc1OC(F)(F)F. The Morgan fingerprint density at radius 1 is 1.13 bits per heavy atom. The summed E-state index contributed by atoms with van der Waals surface area (Å²) in [5.41, 5.74) is 1.76. The minimum atomic E-state index is -4.77. The summed E-state index contributed by atoms with van der Waals surface area (Å²) < 4.78 is 65.2. The minimum absolute atomic E-state index is 0.0735. The molecule has 6 nitrogen and oxygen atoms in total. The van der Waals surface area contributed by atoms with Crippen molar-refractivity contribution < 1.29 is 26.3 Å². The summed E-state index contributed by atoms with van der Waals surface area (Å²) in [7, 11) is -3.30. The van der Waals surface area contributed by atoms with Crippen LogP contribution in [0.1, 0.15) is 23.6 Å². The number of sulfone groups is 1. The second-order valence-corrected chi connectivity index (χ2v) is 8.56. The van der Waals surface area contributed by atoms with Gasteiger partial charge in [0.25, 0.3) is 0 Å². The van der Waals surface area contributed by atoms with E-state index in [0.717, 1.165) is 11.8 Å². The highest BCUT2D eigenvalue weighted by molar-refractivity contribution is 7.90. The fourth-order valence-electron chi connectivity index (χ4n) is 2.79. The molecule has 2 rings (SSSR count). The average Bonchev–Trinajstić information content (AvgIpc) is 2.63. The van der Waals surface area contributed by atoms with Crippen molar-refractivity contribution in [2.45, 2.75) is 38.2 Å². The van der Waals surface area contributed by atoms with E-state index < -0.39 is 16.2 Å². The van der Waals surface area contributed by atoms with Gasteiger partial charge in [0.1, 0.15) is 5.75 Å². The summed E-state index contributed by atoms with van der Waals surface area (Å²) in [6, 6.07) is 10.8. The zero-order valence-corrected chi connectivity index (χ0v) is 17.7. The van der Waals surface area contributed by atoms with Crippen LogP contribution < -0.4 is 15.4 Å². The van der Waals surface area contributed by atoms with Crippen LogP contribution in [0.3, 0.4) is 0 Å². The third kappa shape index (κ3) is 7.25. The Bertz CT molecular complexity index is 1010. The highest BCUT2D eigenvalue weighted by atomic mass is 32.2. The largest absolute Gasteiger partial charge is 0.573 e. The van der Waals surface area contributed by atoms with Gasteiger partial charge in [-0.3, -0.25) is 0 Å². The van der Waals surface area contributed by atoms with Crippen LogP contribution in [0, 0.1) is 6.92 Å². The fraction of sp³-hybridized carbons (Fsp3) is 0.350. The zero-order chi connectivity index (χ0) is 22.4. The fourth-order valence-corrected chi connectivity index (χ4v) is 3.75. The third-order valence-corrected chi connectivity index (χ3v) is 5.30. The molecule has 0 radical (unpaired) electrons. The summed E-state index contributed by atoms with van der Waals surface area (Å²) in [6.45, 7) is 4.47. The van der Waals surface area contributed by atoms with Crippen molar-refractivity contribution in [3.63, 3.8) is 0 Å². The summed E-state index contributed by atoms with van der Waals surface area (Å²) in [4.78, 5) is 4.68. The van der Waals surface area contributed by atoms with E-state index in [2.05, 4.69) is 20.4 Å². The maximum absolute atomic E-state index is 12.6. The first-order valence-corrected chi connectivity index (χ1v) is 11.0. The maximum Gasteiger partial charge on any atom is 0.573 e. The molecular weight excluding hydrogens is 419 g/mol. The first-order valence-electron chi connectivity index (χ1n) is 9.15. The number of aliphatic imine (C=N–C) groups is 1. The number of ether oxygens (including phenoxy) is 1. The molecule has 0 bridgehead atoms. The van der Waals surface area contributed by atoms with Crippen molar-refractivity contribution >= 4 is 15.8 Å². The Kier molecular flexibility index (Phi) is 7.71. The Balaban J connectivity index is 2.12. The molecule has 2 N–H and O–H groups in total. The van der Waals surface area contributed by atoms with Gasteiger partial charge in [0.2, 0.25) is 0 Å². The van der Waals surface area contributed by atoms with E-state index >= 15 is 0 Å². The minimum Gasteiger partial charge on any atom is -0.405 e. The van der Waals surface area contributed by atoms with Crippen molar-refractivity contribution in [3.8, 4) is 5.75 Å². The maximum atomic E-state index is 12.6. The molecule has 30 heavy (non-hydrogen) atoms. The van der Waals surface area contributed by atoms with Crippen molar-refractivity contribution in [2.75, 3.05) is 12.8 Å². The molecule has 2 aromatic carbocycles. The van der Waals surface area contributed by atoms with Gasteiger partial charge in [-0.2, -0.15) is 0 Å². The van der Waals surface area contributed by atoms with Crippen LogP contribution in [0.25, 0.3) is 0 Å². The number of guanidine groups is 1. The number of aryl methyl sites for hydroxylation is 1. The quantitative estimate of drug-likeness (QED) is 0.505. The number of nitrogens with zero attached hydrogens (tertiary/aromatic N) is 1. The second kappa shape index (κ2) is 9.84. The summed E-state index contributed by atoms with van der Waals surface area (Å²) >= 11 is 0. The molecular formula is C20H24F3N3O3S. The van der Waals surface area contributed by atoms with Crippen LogP contribution in [-0.2, 0) is 22.9 Å². The molecule has 0 saturated carbocycles. The molecule has 0 aromatic heterocycles. The van der Waals surface area contributed by atoms with Gasteiger partial charge >= 0.3 is 6.36 Å². The standard InChI is InChI=1S/C20H24F3N3O3S/c1-4-24-19(25-12-15-9-10-18(14(2)11-15)30(3,27)28)26-13-16-7-5-6-8-17(16)29-20(21,22)23/h5-11H,4,12-13H2,1-3H3,(H2,24,25,26). The predicted octanol–water partition coefficient (Wildman–Crippen LogP) is 3.55. The number of alkyl halides is 3. The number of benzene rings is 2. The Morgan fingerprint density at radius 2 is 1.83 bits per heavy atom. The van der Waals surface area contributed by atoms with Crippen LogP contribution in [0.4, 0.5) is 13.2 Å². The van der Waals surface area contributed by atoms with Crippen LogP contribution in [0.5, 0.6) is 5.75 Å². The summed E-state index contributed by atoms with van der Waals surface area (Å²) in [5, 5.41) is 6.00. The van der Waals surface area contributed by atoms with Crippen molar-refractivity contribution in [3.05, 3.63) is 59.2 Å². The lowest BCUT2D eigenvalue weighted by Gasteiger charge is -2.15. The number of halogens is 3. The molecule has 0 heterocycles. The molecule has 10 heteroatoms. The van der Waals surface area contributed by atoms with E-state index in [9.17, 15) is 21.6 Å². The topological polar surface area (TPSA) is 79.8 Å². The molecule has 0 saturated heterocycles. The van der Waals surface area contributed by atoms with Gasteiger partial charge < -0.3 is 15.4 Å². The second-order valence-electron chi connectivity index (χ2n) is 6.58. The van der Waals surface area contributed by atoms with E-state index in [-0.39, 0.29) is 23.7 Å². The molecule has 0 fully saturated rings. The molecule has 164 valence electrons. The molecule has 0 aliphatic rings. The Hall–Kier alpha value is -2.75. The summed E-state index contributed by atoms with van der Waals surface area (Å²) in [5.74, 6) is 0.129. The van der Waals surface area contributed by atoms with E-state index in [4.69, 9.17) is 0 Å². The van der Waals surface area contributed by atoms with Gasteiger partial charge in [-0.1, -0.05) is 30.3 Å². The Labute approximate surface area is 174 Å². The van der Waals surface area contributed by atoms with Crippen molar-refractivity contribution in [1.82, 2.24) is 10.6 Å². The normalized spacial score (nSPS) is 12.5. The van der Waals surface area contributed by atoms with Crippen molar-refractivity contribution in [1.29, 1.82) is 0 Å². The van der Waals surface area contributed by atoms with Gasteiger partial charge in [0.05, 0.1) is 11.4 Å². The monoisotopic (exact) mass is 443 g/mol. The number of nitrogens with one attached hydrogen (secondary N) is 2. The molecule has 0 atom stereocenters. The lowest BCUT2D eigenvalue weighted by molar-refractivity contribution is -0.274. The van der Waals surface area contributed by atoms with Crippen LogP contribution in [0.2, 0.25) is 0 Å². The number of rotatable bonds is 7. The number of hydrogen-bond donors (Lipinski definition) is 2. The third-order valence-electron chi connectivity index (χ3n) is 4.05. The Morgan fingerprint density at radius 3 is 2.43 bits per heavy atom. The van der Waals surface area contributed by atoms with E-state index in [1.807, 2.05) is 6.92 Å². The van der Waals surface area contributed by atoms with Gasteiger partial charge in [-0.15, -0.1) is 13.2 Å². The molecule has 2 aromatic rings. The number of hydrogen-bond acceptors (Lipinski definition) is 4. The zero-order valence-electron chi connectivity index (χ0n) is 16.9. The average molecular weight is 443 g/mol. The van der Waals surface area contributed by atoms with Gasteiger partial charge in [-0.25, -0.2) is 13.4 Å². The van der Waals surface area contributed by atoms with Gasteiger partial charge in [0.15, 0.2) is 15.8 Å². The first kappa shape index (κ1) is 23.5. The van der Waals surface area contributed by atoms with Crippen LogP contribution in [0.15, 0.2) is 52.4 Å². The van der Waals surface area contributed by atoms with Gasteiger partial charge in [0, 0.05) is 24.9 Å². The highest BCUT2D eigenvalue weighted by Gasteiger charge is 2.31. The van der Waals surface area contributed by atoms with Crippen LogP contribution in [-0.4, -0.2) is 33.5 Å². The van der Waals surface area contributed by atoms with E-state index in [1.165, 1.54) is 18.2 Å². The summed E-state index contributed by atoms with van der Waals surface area (Å²) in [6.07, 6.45) is -3.62.